The molecule has 0 unspecified atom stereocenters. The zero-order valence-electron chi connectivity index (χ0n) is 16.8. The fourth-order valence-electron chi connectivity index (χ4n) is 3.44. The van der Waals surface area contributed by atoms with Crippen molar-refractivity contribution in [2.24, 2.45) is 0 Å². The quantitative estimate of drug-likeness (QED) is 0.557. The van der Waals surface area contributed by atoms with Crippen LogP contribution in [0.3, 0.4) is 0 Å². The fourth-order valence-corrected chi connectivity index (χ4v) is 5.10. The van der Waals surface area contributed by atoms with E-state index in [-0.39, 0.29) is 11.8 Å². The zero-order chi connectivity index (χ0) is 20.9. The number of amides is 2. The third kappa shape index (κ3) is 4.74. The van der Waals surface area contributed by atoms with E-state index in [1.54, 1.807) is 23.1 Å². The van der Waals surface area contributed by atoms with Crippen molar-refractivity contribution >= 4 is 34.9 Å². The van der Waals surface area contributed by atoms with E-state index in [1.807, 2.05) is 71.3 Å². The van der Waals surface area contributed by atoms with Crippen LogP contribution >= 0.6 is 23.1 Å². The van der Waals surface area contributed by atoms with Crippen LogP contribution < -0.4 is 0 Å². The summed E-state index contributed by atoms with van der Waals surface area (Å²) in [6.45, 7) is 4.18. The number of aryl methyl sites for hydroxylation is 1. The summed E-state index contributed by atoms with van der Waals surface area (Å²) >= 11 is 3.28. The molecule has 5 nitrogen and oxygen atoms in total. The normalized spacial score (nSPS) is 14.0. The van der Waals surface area contributed by atoms with Gasteiger partial charge in [0.1, 0.15) is 0 Å². The SMILES string of the molecule is Cc1nc(CSc2ccccc2C(=O)N2CCN(C(=O)c3ccccc3)CC2)cs1. The molecule has 2 aromatic carbocycles. The van der Waals surface area contributed by atoms with Crippen LogP contribution in [0.5, 0.6) is 0 Å². The second-order valence-electron chi connectivity index (χ2n) is 7.09. The van der Waals surface area contributed by atoms with Crippen molar-refractivity contribution in [1.29, 1.82) is 0 Å². The van der Waals surface area contributed by atoms with Gasteiger partial charge in [-0.1, -0.05) is 30.3 Å². The summed E-state index contributed by atoms with van der Waals surface area (Å²) < 4.78 is 0. The van der Waals surface area contributed by atoms with E-state index in [4.69, 9.17) is 0 Å². The van der Waals surface area contributed by atoms with Crippen LogP contribution in [-0.4, -0.2) is 52.8 Å². The fraction of sp³-hybridized carbons (Fsp3) is 0.261. The molecule has 30 heavy (non-hydrogen) atoms. The van der Waals surface area contributed by atoms with Gasteiger partial charge in [0.15, 0.2) is 0 Å². The van der Waals surface area contributed by atoms with Gasteiger partial charge in [-0.05, 0) is 31.2 Å². The molecule has 1 saturated heterocycles. The Morgan fingerprint density at radius 3 is 2.23 bits per heavy atom. The molecule has 7 heteroatoms. The van der Waals surface area contributed by atoms with Crippen LogP contribution in [0.2, 0.25) is 0 Å². The van der Waals surface area contributed by atoms with Crippen molar-refractivity contribution in [3.8, 4) is 0 Å². The van der Waals surface area contributed by atoms with Gasteiger partial charge in [0, 0.05) is 47.8 Å². The molecule has 1 fully saturated rings. The van der Waals surface area contributed by atoms with Gasteiger partial charge in [0.25, 0.3) is 11.8 Å². The maximum Gasteiger partial charge on any atom is 0.255 e. The molecule has 2 amide bonds. The highest BCUT2D eigenvalue weighted by atomic mass is 32.2. The Morgan fingerprint density at radius 2 is 1.57 bits per heavy atom. The Balaban J connectivity index is 1.39. The van der Waals surface area contributed by atoms with Crippen molar-refractivity contribution in [2.45, 2.75) is 17.6 Å². The molecule has 1 aliphatic heterocycles. The Hall–Kier alpha value is -2.64. The predicted octanol–water partition coefficient (Wildman–Crippen LogP) is 4.34. The van der Waals surface area contributed by atoms with Gasteiger partial charge in [-0.25, -0.2) is 4.98 Å². The molecule has 4 rings (SSSR count). The molecule has 1 aliphatic rings. The molecule has 154 valence electrons. The summed E-state index contributed by atoms with van der Waals surface area (Å²) in [6, 6.07) is 17.0. The van der Waals surface area contributed by atoms with Crippen LogP contribution in [0.1, 0.15) is 31.4 Å². The molecule has 0 saturated carbocycles. The van der Waals surface area contributed by atoms with Gasteiger partial charge in [0.2, 0.25) is 0 Å². The van der Waals surface area contributed by atoms with E-state index < -0.39 is 0 Å². The predicted molar refractivity (Wildman–Crippen MR) is 121 cm³/mol. The number of rotatable bonds is 5. The highest BCUT2D eigenvalue weighted by molar-refractivity contribution is 7.98. The second kappa shape index (κ2) is 9.45. The maximum absolute atomic E-state index is 13.2. The van der Waals surface area contributed by atoms with Gasteiger partial charge in [-0.15, -0.1) is 23.1 Å². The van der Waals surface area contributed by atoms with E-state index >= 15 is 0 Å². The average molecular weight is 438 g/mol. The molecule has 0 aliphatic carbocycles. The first kappa shape index (κ1) is 20.6. The van der Waals surface area contributed by atoms with E-state index in [9.17, 15) is 9.59 Å². The Bertz CT molecular complexity index is 1030. The first-order valence-electron chi connectivity index (χ1n) is 9.88. The van der Waals surface area contributed by atoms with Crippen molar-refractivity contribution in [1.82, 2.24) is 14.8 Å². The zero-order valence-corrected chi connectivity index (χ0v) is 18.4. The number of hydrogen-bond donors (Lipinski definition) is 0. The lowest BCUT2D eigenvalue weighted by atomic mass is 10.1. The van der Waals surface area contributed by atoms with E-state index in [0.717, 1.165) is 26.9 Å². The summed E-state index contributed by atoms with van der Waals surface area (Å²) in [5, 5.41) is 3.12. The van der Waals surface area contributed by atoms with Crippen LogP contribution in [0.4, 0.5) is 0 Å². The second-order valence-corrected chi connectivity index (χ2v) is 9.17. The molecule has 0 radical (unpaired) electrons. The number of piperazine rings is 1. The first-order chi connectivity index (χ1) is 14.6. The Labute approximate surface area is 184 Å². The van der Waals surface area contributed by atoms with Crippen molar-refractivity contribution < 1.29 is 9.59 Å². The lowest BCUT2D eigenvalue weighted by molar-refractivity contribution is 0.0533. The molecule has 1 aromatic heterocycles. The molecular weight excluding hydrogens is 414 g/mol. The Kier molecular flexibility index (Phi) is 6.50. The first-order valence-corrected chi connectivity index (χ1v) is 11.7. The number of hydrogen-bond acceptors (Lipinski definition) is 5. The molecule has 0 N–H and O–H groups in total. The number of thioether (sulfide) groups is 1. The highest BCUT2D eigenvalue weighted by Gasteiger charge is 2.26. The number of nitrogens with zero attached hydrogens (tertiary/aromatic N) is 3. The molecule has 3 aromatic rings. The average Bonchev–Trinajstić information content (AvgIpc) is 3.22. The summed E-state index contributed by atoms with van der Waals surface area (Å²) in [5.74, 6) is 0.796. The molecule has 2 heterocycles. The Morgan fingerprint density at radius 1 is 0.933 bits per heavy atom. The van der Waals surface area contributed by atoms with E-state index in [1.165, 1.54) is 0 Å². The maximum atomic E-state index is 13.2. The number of aromatic nitrogens is 1. The van der Waals surface area contributed by atoms with Crippen molar-refractivity contribution in [3.63, 3.8) is 0 Å². The van der Waals surface area contributed by atoms with Crippen LogP contribution in [0, 0.1) is 6.92 Å². The standard InChI is InChI=1S/C23H23N3O2S2/c1-17-24-19(15-29-17)16-30-21-10-6-5-9-20(21)23(28)26-13-11-25(12-14-26)22(27)18-7-3-2-4-8-18/h2-10,15H,11-14,16H2,1H3. The van der Waals surface area contributed by atoms with Crippen LogP contribution in [-0.2, 0) is 5.75 Å². The summed E-state index contributed by atoms with van der Waals surface area (Å²) in [7, 11) is 0. The minimum absolute atomic E-state index is 0.0252. The largest absolute Gasteiger partial charge is 0.335 e. The molecular formula is C23H23N3O2S2. The van der Waals surface area contributed by atoms with Gasteiger partial charge >= 0.3 is 0 Å². The van der Waals surface area contributed by atoms with Crippen molar-refractivity contribution in [2.75, 3.05) is 26.2 Å². The van der Waals surface area contributed by atoms with Gasteiger partial charge in [-0.3, -0.25) is 9.59 Å². The third-order valence-corrected chi connectivity index (χ3v) is 6.96. The van der Waals surface area contributed by atoms with Gasteiger partial charge in [0.05, 0.1) is 16.3 Å². The topological polar surface area (TPSA) is 53.5 Å². The lowest BCUT2D eigenvalue weighted by Gasteiger charge is -2.35. The van der Waals surface area contributed by atoms with E-state index in [0.29, 0.717) is 31.7 Å². The smallest absolute Gasteiger partial charge is 0.255 e. The minimum Gasteiger partial charge on any atom is -0.335 e. The van der Waals surface area contributed by atoms with Gasteiger partial charge in [-0.2, -0.15) is 0 Å². The van der Waals surface area contributed by atoms with Crippen LogP contribution in [0.25, 0.3) is 0 Å². The minimum atomic E-state index is 0.0252. The van der Waals surface area contributed by atoms with Gasteiger partial charge < -0.3 is 9.80 Å². The van der Waals surface area contributed by atoms with E-state index in [2.05, 4.69) is 10.4 Å². The summed E-state index contributed by atoms with van der Waals surface area (Å²) in [5.41, 5.74) is 2.45. The lowest BCUT2D eigenvalue weighted by Crippen LogP contribution is -2.50. The summed E-state index contributed by atoms with van der Waals surface area (Å²) in [6.07, 6.45) is 0. The van der Waals surface area contributed by atoms with Crippen LogP contribution in [0.15, 0.2) is 64.9 Å². The monoisotopic (exact) mass is 437 g/mol. The number of carbonyl (C=O) groups is 2. The number of thiazole rings is 1. The molecule has 0 spiro atoms. The molecule has 0 bridgehead atoms. The molecule has 0 atom stereocenters. The number of benzene rings is 2. The van der Waals surface area contributed by atoms with Crippen molar-refractivity contribution in [3.05, 3.63) is 81.8 Å². The third-order valence-electron chi connectivity index (χ3n) is 5.03. The number of carbonyl (C=O) groups excluding carboxylic acids is 2. The summed E-state index contributed by atoms with van der Waals surface area (Å²) in [4.78, 5) is 35.0. The highest BCUT2D eigenvalue weighted by Crippen LogP contribution is 2.28.